The van der Waals surface area contributed by atoms with E-state index in [1.54, 1.807) is 0 Å². The Labute approximate surface area is 82.6 Å². The van der Waals surface area contributed by atoms with E-state index in [4.69, 9.17) is 10.1 Å². The summed E-state index contributed by atoms with van der Waals surface area (Å²) in [7, 11) is 0. The normalized spacial score (nSPS) is 39.1. The summed E-state index contributed by atoms with van der Waals surface area (Å²) in [6.07, 6.45) is 0. The van der Waals surface area contributed by atoms with E-state index >= 15 is 0 Å². The molecular weight excluding hydrogens is 182 g/mol. The zero-order chi connectivity index (χ0) is 10.6. The zero-order valence-electron chi connectivity index (χ0n) is 8.50. The van der Waals surface area contributed by atoms with Crippen molar-refractivity contribution in [1.29, 1.82) is 5.26 Å². The number of fused-ring (bicyclic) bond motifs is 1. The predicted molar refractivity (Wildman–Crippen MR) is 47.9 cm³/mol. The van der Waals surface area contributed by atoms with Gasteiger partial charge in [-0.1, -0.05) is 0 Å². The summed E-state index contributed by atoms with van der Waals surface area (Å²) in [5.41, 5.74) is -1.01. The summed E-state index contributed by atoms with van der Waals surface area (Å²) >= 11 is 0. The molecule has 2 aliphatic rings. The van der Waals surface area contributed by atoms with Gasteiger partial charge in [-0.15, -0.1) is 0 Å². The van der Waals surface area contributed by atoms with E-state index < -0.39 is 11.1 Å². The second-order valence-corrected chi connectivity index (χ2v) is 4.47. The number of hydrogen-bond donors (Lipinski definition) is 1. The van der Waals surface area contributed by atoms with Crippen LogP contribution in [0.15, 0.2) is 0 Å². The smallest absolute Gasteiger partial charge is 0.329 e. The molecule has 0 spiro atoms. The number of rotatable bonds is 0. The van der Waals surface area contributed by atoms with Crippen LogP contribution in [0.5, 0.6) is 0 Å². The van der Waals surface area contributed by atoms with Crippen molar-refractivity contribution in [2.45, 2.75) is 31.8 Å². The van der Waals surface area contributed by atoms with Crippen molar-refractivity contribution >= 4 is 6.03 Å². The number of hydrogen-bond acceptors (Lipinski definition) is 3. The molecule has 2 fully saturated rings. The van der Waals surface area contributed by atoms with Gasteiger partial charge in [-0.3, -0.25) is 4.84 Å². The van der Waals surface area contributed by atoms with Crippen LogP contribution in [-0.4, -0.2) is 28.8 Å². The minimum atomic E-state index is -0.571. The molecule has 76 valence electrons. The Morgan fingerprint density at radius 1 is 1.64 bits per heavy atom. The molecule has 5 heteroatoms. The standard InChI is InChI=1S/C9H13N3O2/c1-8(2)9(3)6(4-10)5-14-12(9)7(13)11-8/h6H,5H2,1-3H3,(H,11,13)/t6-,9-/m0/s1. The molecule has 1 N–H and O–H groups in total. The molecule has 0 saturated carbocycles. The van der Waals surface area contributed by atoms with Crippen molar-refractivity contribution in [3.05, 3.63) is 0 Å². The van der Waals surface area contributed by atoms with Crippen molar-refractivity contribution in [2.24, 2.45) is 5.92 Å². The first-order valence-electron chi connectivity index (χ1n) is 4.58. The molecule has 0 unspecified atom stereocenters. The highest BCUT2D eigenvalue weighted by molar-refractivity contribution is 5.79. The van der Waals surface area contributed by atoms with Crippen molar-refractivity contribution in [1.82, 2.24) is 10.4 Å². The maximum Gasteiger partial charge on any atom is 0.342 e. The molecule has 2 saturated heterocycles. The zero-order valence-corrected chi connectivity index (χ0v) is 8.50. The van der Waals surface area contributed by atoms with Crippen LogP contribution in [0.4, 0.5) is 4.79 Å². The monoisotopic (exact) mass is 195 g/mol. The van der Waals surface area contributed by atoms with E-state index in [1.807, 2.05) is 20.8 Å². The van der Waals surface area contributed by atoms with E-state index in [9.17, 15) is 4.79 Å². The van der Waals surface area contributed by atoms with Crippen molar-refractivity contribution in [3.63, 3.8) is 0 Å². The third-order valence-electron chi connectivity index (χ3n) is 3.50. The third kappa shape index (κ3) is 0.794. The lowest BCUT2D eigenvalue weighted by atomic mass is 9.74. The first-order chi connectivity index (χ1) is 6.43. The summed E-state index contributed by atoms with van der Waals surface area (Å²) in [6, 6.07) is 1.94. The molecule has 2 heterocycles. The van der Waals surface area contributed by atoms with E-state index in [0.717, 1.165) is 0 Å². The summed E-state index contributed by atoms with van der Waals surface area (Å²) in [5, 5.41) is 13.1. The van der Waals surface area contributed by atoms with Crippen LogP contribution in [0, 0.1) is 17.2 Å². The van der Waals surface area contributed by atoms with Gasteiger partial charge in [0.15, 0.2) is 0 Å². The molecular formula is C9H13N3O2. The summed E-state index contributed by atoms with van der Waals surface area (Å²) in [4.78, 5) is 16.7. The Morgan fingerprint density at radius 2 is 2.29 bits per heavy atom. The fourth-order valence-electron chi connectivity index (χ4n) is 2.15. The summed E-state index contributed by atoms with van der Waals surface area (Å²) in [5.74, 6) is -0.281. The van der Waals surface area contributed by atoms with Gasteiger partial charge in [0, 0.05) is 0 Å². The Morgan fingerprint density at radius 3 is 2.86 bits per heavy atom. The topological polar surface area (TPSA) is 65.4 Å². The van der Waals surface area contributed by atoms with E-state index in [1.165, 1.54) is 5.06 Å². The fraction of sp³-hybridized carbons (Fsp3) is 0.778. The number of nitriles is 1. The van der Waals surface area contributed by atoms with E-state index in [2.05, 4.69) is 11.4 Å². The van der Waals surface area contributed by atoms with Crippen LogP contribution >= 0.6 is 0 Å². The van der Waals surface area contributed by atoms with Crippen molar-refractivity contribution < 1.29 is 9.63 Å². The van der Waals surface area contributed by atoms with Crippen LogP contribution in [0.1, 0.15) is 20.8 Å². The molecule has 0 aromatic carbocycles. The van der Waals surface area contributed by atoms with Crippen LogP contribution in [-0.2, 0) is 4.84 Å². The van der Waals surface area contributed by atoms with Gasteiger partial charge in [0.1, 0.15) is 11.5 Å². The molecule has 2 rings (SSSR count). The molecule has 0 aromatic rings. The van der Waals surface area contributed by atoms with E-state index in [-0.39, 0.29) is 11.9 Å². The maximum absolute atomic E-state index is 11.5. The van der Waals surface area contributed by atoms with Crippen LogP contribution in [0.3, 0.4) is 0 Å². The number of amides is 2. The Hall–Kier alpha value is -1.28. The van der Waals surface area contributed by atoms with Gasteiger partial charge in [0.25, 0.3) is 0 Å². The van der Waals surface area contributed by atoms with Crippen LogP contribution in [0.25, 0.3) is 0 Å². The van der Waals surface area contributed by atoms with Gasteiger partial charge in [-0.25, -0.2) is 4.79 Å². The molecule has 2 amide bonds. The number of carbonyl (C=O) groups is 1. The largest absolute Gasteiger partial charge is 0.342 e. The molecule has 0 aromatic heterocycles. The highest BCUT2D eigenvalue weighted by Gasteiger charge is 2.64. The van der Waals surface area contributed by atoms with Gasteiger partial charge in [0.05, 0.1) is 18.2 Å². The molecule has 0 aliphatic carbocycles. The van der Waals surface area contributed by atoms with Gasteiger partial charge < -0.3 is 5.32 Å². The van der Waals surface area contributed by atoms with Gasteiger partial charge in [0.2, 0.25) is 0 Å². The quantitative estimate of drug-likeness (QED) is 0.616. The van der Waals surface area contributed by atoms with Gasteiger partial charge in [-0.05, 0) is 20.8 Å². The number of urea groups is 1. The van der Waals surface area contributed by atoms with Gasteiger partial charge in [-0.2, -0.15) is 10.3 Å². The predicted octanol–water partition coefficient (Wildman–Crippen LogP) is 0.634. The van der Waals surface area contributed by atoms with Crippen LogP contribution < -0.4 is 5.32 Å². The molecule has 14 heavy (non-hydrogen) atoms. The molecule has 2 atom stereocenters. The highest BCUT2D eigenvalue weighted by Crippen LogP contribution is 2.44. The lowest BCUT2D eigenvalue weighted by molar-refractivity contribution is -0.106. The number of hydroxylamine groups is 2. The van der Waals surface area contributed by atoms with Crippen LogP contribution in [0.2, 0.25) is 0 Å². The highest BCUT2D eigenvalue weighted by atomic mass is 16.7. The number of carbonyl (C=O) groups excluding carboxylic acids is 1. The lowest BCUT2D eigenvalue weighted by Gasteiger charge is -2.37. The fourth-order valence-corrected chi connectivity index (χ4v) is 2.15. The first kappa shape index (κ1) is 9.28. The average Bonchev–Trinajstić information content (AvgIpc) is 2.49. The van der Waals surface area contributed by atoms with Gasteiger partial charge >= 0.3 is 6.03 Å². The van der Waals surface area contributed by atoms with E-state index in [0.29, 0.717) is 6.61 Å². The molecule has 0 bridgehead atoms. The Bertz CT molecular complexity index is 333. The first-order valence-corrected chi connectivity index (χ1v) is 4.58. The average molecular weight is 195 g/mol. The third-order valence-corrected chi connectivity index (χ3v) is 3.50. The minimum absolute atomic E-state index is 0.254. The molecule has 2 aliphatic heterocycles. The van der Waals surface area contributed by atoms with Crippen molar-refractivity contribution in [3.8, 4) is 6.07 Å². The SMILES string of the molecule is CC1(C)NC(=O)N2OC[C@H](C#N)[C@]21C. The summed E-state index contributed by atoms with van der Waals surface area (Å²) in [6.45, 7) is 5.99. The number of nitrogens with one attached hydrogen (secondary N) is 1. The Kier molecular flexibility index (Phi) is 1.59. The summed E-state index contributed by atoms with van der Waals surface area (Å²) < 4.78 is 0. The lowest BCUT2D eigenvalue weighted by Crippen LogP contribution is -2.56. The second kappa shape index (κ2) is 2.39. The molecule has 5 nitrogen and oxygen atoms in total. The number of nitrogens with zero attached hydrogens (tertiary/aromatic N) is 2. The minimum Gasteiger partial charge on any atom is -0.329 e. The molecule has 0 radical (unpaired) electrons. The van der Waals surface area contributed by atoms with Crippen molar-refractivity contribution in [2.75, 3.05) is 6.61 Å². The second-order valence-electron chi connectivity index (χ2n) is 4.47. The Balaban J connectivity index is 2.48. The maximum atomic E-state index is 11.5.